The number of hydrogen-bond acceptors (Lipinski definition) is 5. The van der Waals surface area contributed by atoms with Crippen LogP contribution in [0.3, 0.4) is 0 Å². The highest BCUT2D eigenvalue weighted by molar-refractivity contribution is 7.87. The standard InChI is InChI=1S/C16H23NO4S/c1-4-22(18,19)21-12-7-8-14-13(11-12)16(2,3)15(20-14)17-9-5-6-10-17/h7-8,11,15H,4-6,9-10H2,1-3H3. The molecule has 0 aromatic heterocycles. The molecule has 1 unspecified atom stereocenters. The predicted octanol–water partition coefficient (Wildman–Crippen LogP) is 2.51. The van der Waals surface area contributed by atoms with E-state index in [1.165, 1.54) is 12.8 Å². The van der Waals surface area contributed by atoms with Crippen LogP contribution >= 0.6 is 0 Å². The zero-order valence-electron chi connectivity index (χ0n) is 13.3. The average molecular weight is 325 g/mol. The summed E-state index contributed by atoms with van der Waals surface area (Å²) in [4.78, 5) is 2.36. The van der Waals surface area contributed by atoms with Crippen LogP contribution in [0.25, 0.3) is 0 Å². The summed E-state index contributed by atoms with van der Waals surface area (Å²) in [6.45, 7) is 7.95. The Bertz CT molecular complexity index is 663. The fourth-order valence-electron chi connectivity index (χ4n) is 3.28. The fourth-order valence-corrected chi connectivity index (χ4v) is 3.80. The van der Waals surface area contributed by atoms with E-state index in [2.05, 4.69) is 18.7 Å². The lowest BCUT2D eigenvalue weighted by Crippen LogP contribution is -2.46. The van der Waals surface area contributed by atoms with Gasteiger partial charge < -0.3 is 8.92 Å². The second-order valence-corrected chi connectivity index (χ2v) is 8.38. The Balaban J connectivity index is 1.90. The number of nitrogens with zero attached hydrogens (tertiary/aromatic N) is 1. The molecule has 1 aromatic carbocycles. The highest BCUT2D eigenvalue weighted by atomic mass is 32.2. The molecule has 6 heteroatoms. The first-order valence-electron chi connectivity index (χ1n) is 7.81. The normalized spacial score (nSPS) is 24.0. The van der Waals surface area contributed by atoms with Crippen LogP contribution in [0.4, 0.5) is 0 Å². The molecule has 0 saturated carbocycles. The first kappa shape index (κ1) is 15.6. The predicted molar refractivity (Wildman–Crippen MR) is 84.8 cm³/mol. The molecule has 0 amide bonds. The van der Waals surface area contributed by atoms with E-state index < -0.39 is 10.1 Å². The van der Waals surface area contributed by atoms with E-state index in [9.17, 15) is 8.42 Å². The molecule has 0 aliphatic carbocycles. The van der Waals surface area contributed by atoms with Crippen molar-refractivity contribution >= 4 is 10.1 Å². The molecule has 5 nitrogen and oxygen atoms in total. The van der Waals surface area contributed by atoms with Gasteiger partial charge in [-0.2, -0.15) is 8.42 Å². The van der Waals surface area contributed by atoms with E-state index in [0.29, 0.717) is 5.75 Å². The highest BCUT2D eigenvalue weighted by Crippen LogP contribution is 2.46. The van der Waals surface area contributed by atoms with E-state index in [0.717, 1.165) is 24.4 Å². The third-order valence-corrected chi connectivity index (χ3v) is 5.70. The van der Waals surface area contributed by atoms with E-state index in [4.69, 9.17) is 8.92 Å². The van der Waals surface area contributed by atoms with Crippen molar-refractivity contribution in [1.82, 2.24) is 4.90 Å². The SMILES string of the molecule is CCS(=O)(=O)Oc1ccc2c(c1)C(C)(C)C(N1CCCC1)O2. The van der Waals surface area contributed by atoms with Gasteiger partial charge in [0.1, 0.15) is 11.5 Å². The number of likely N-dealkylation sites (tertiary alicyclic amines) is 1. The van der Waals surface area contributed by atoms with Crippen molar-refractivity contribution in [3.05, 3.63) is 23.8 Å². The molecule has 0 N–H and O–H groups in total. The van der Waals surface area contributed by atoms with E-state index >= 15 is 0 Å². The summed E-state index contributed by atoms with van der Waals surface area (Å²) in [5.74, 6) is 1.14. The molecule has 22 heavy (non-hydrogen) atoms. The molecule has 0 spiro atoms. The molecule has 2 heterocycles. The molecular weight excluding hydrogens is 302 g/mol. The summed E-state index contributed by atoms with van der Waals surface area (Å²) in [5, 5.41) is 0. The maximum atomic E-state index is 11.6. The van der Waals surface area contributed by atoms with Gasteiger partial charge in [-0.05, 0) is 38.0 Å². The first-order valence-corrected chi connectivity index (χ1v) is 9.38. The molecule has 122 valence electrons. The molecule has 3 rings (SSSR count). The van der Waals surface area contributed by atoms with Crippen molar-refractivity contribution in [2.24, 2.45) is 0 Å². The molecular formula is C16H23NO4S. The summed E-state index contributed by atoms with van der Waals surface area (Å²) in [6.07, 6.45) is 2.41. The lowest BCUT2D eigenvalue weighted by atomic mass is 9.83. The molecule has 0 radical (unpaired) electrons. The number of hydrogen-bond donors (Lipinski definition) is 0. The van der Waals surface area contributed by atoms with Gasteiger partial charge in [-0.1, -0.05) is 13.8 Å². The van der Waals surface area contributed by atoms with Crippen LogP contribution in [0.1, 0.15) is 39.2 Å². The topological polar surface area (TPSA) is 55.8 Å². The van der Waals surface area contributed by atoms with Gasteiger partial charge in [0.25, 0.3) is 0 Å². The molecule has 1 aromatic rings. The van der Waals surface area contributed by atoms with Crippen LogP contribution in [-0.4, -0.2) is 38.4 Å². The minimum atomic E-state index is -3.51. The van der Waals surface area contributed by atoms with Gasteiger partial charge in [-0.25, -0.2) is 0 Å². The van der Waals surface area contributed by atoms with Gasteiger partial charge in [0, 0.05) is 24.1 Å². The van der Waals surface area contributed by atoms with Gasteiger partial charge in [-0.3, -0.25) is 4.90 Å². The second kappa shape index (κ2) is 5.42. The highest BCUT2D eigenvalue weighted by Gasteiger charge is 2.45. The van der Waals surface area contributed by atoms with Crippen LogP contribution in [0.2, 0.25) is 0 Å². The molecule has 1 fully saturated rings. The van der Waals surface area contributed by atoms with E-state index in [-0.39, 0.29) is 17.4 Å². The van der Waals surface area contributed by atoms with Crippen molar-refractivity contribution in [3.63, 3.8) is 0 Å². The Hall–Kier alpha value is -1.27. The van der Waals surface area contributed by atoms with Crippen LogP contribution in [-0.2, 0) is 15.5 Å². The zero-order chi connectivity index (χ0) is 16.0. The Morgan fingerprint density at radius 3 is 2.64 bits per heavy atom. The molecule has 2 aliphatic heterocycles. The van der Waals surface area contributed by atoms with Crippen molar-refractivity contribution in [1.29, 1.82) is 0 Å². The summed E-state index contributed by atoms with van der Waals surface area (Å²) in [6, 6.07) is 5.28. The van der Waals surface area contributed by atoms with Crippen molar-refractivity contribution in [2.45, 2.75) is 45.3 Å². The Morgan fingerprint density at radius 1 is 1.32 bits per heavy atom. The Labute approximate surface area is 132 Å². The first-order chi connectivity index (χ1) is 10.3. The van der Waals surface area contributed by atoms with Crippen LogP contribution in [0.5, 0.6) is 11.5 Å². The number of ether oxygens (including phenoxy) is 1. The maximum Gasteiger partial charge on any atom is 0.308 e. The quantitative estimate of drug-likeness (QED) is 0.796. The summed E-state index contributed by atoms with van der Waals surface area (Å²) in [5.41, 5.74) is 0.808. The third kappa shape index (κ3) is 2.70. The van der Waals surface area contributed by atoms with Gasteiger partial charge in [0.05, 0.1) is 5.75 Å². The lowest BCUT2D eigenvalue weighted by molar-refractivity contribution is 0.0143. The monoisotopic (exact) mass is 325 g/mol. The second-order valence-electron chi connectivity index (χ2n) is 6.52. The van der Waals surface area contributed by atoms with Gasteiger partial charge in [-0.15, -0.1) is 0 Å². The lowest BCUT2D eigenvalue weighted by Gasteiger charge is -2.33. The van der Waals surface area contributed by atoms with E-state index in [1.54, 1.807) is 19.1 Å². The molecule has 1 saturated heterocycles. The average Bonchev–Trinajstić information content (AvgIpc) is 3.06. The Morgan fingerprint density at radius 2 is 2.00 bits per heavy atom. The number of benzene rings is 1. The maximum absolute atomic E-state index is 11.6. The fraction of sp³-hybridized carbons (Fsp3) is 0.625. The summed E-state index contributed by atoms with van der Waals surface area (Å²) < 4.78 is 34.6. The molecule has 1 atom stereocenters. The Kier molecular flexibility index (Phi) is 3.85. The molecule has 0 bridgehead atoms. The summed E-state index contributed by atoms with van der Waals surface area (Å²) >= 11 is 0. The smallest absolute Gasteiger partial charge is 0.308 e. The van der Waals surface area contributed by atoms with Crippen molar-refractivity contribution in [3.8, 4) is 11.5 Å². The van der Waals surface area contributed by atoms with Crippen LogP contribution < -0.4 is 8.92 Å². The van der Waals surface area contributed by atoms with E-state index in [1.807, 2.05) is 6.07 Å². The van der Waals surface area contributed by atoms with Gasteiger partial charge >= 0.3 is 10.1 Å². The van der Waals surface area contributed by atoms with Crippen LogP contribution in [0, 0.1) is 0 Å². The van der Waals surface area contributed by atoms with Crippen LogP contribution in [0.15, 0.2) is 18.2 Å². The minimum absolute atomic E-state index is 0.00281. The minimum Gasteiger partial charge on any atom is -0.474 e. The molecule has 2 aliphatic rings. The largest absolute Gasteiger partial charge is 0.474 e. The number of rotatable bonds is 4. The number of fused-ring (bicyclic) bond motifs is 1. The van der Waals surface area contributed by atoms with Crippen molar-refractivity contribution < 1.29 is 17.3 Å². The zero-order valence-corrected chi connectivity index (χ0v) is 14.1. The van der Waals surface area contributed by atoms with Crippen molar-refractivity contribution in [2.75, 3.05) is 18.8 Å². The third-order valence-electron chi connectivity index (χ3n) is 4.55. The van der Waals surface area contributed by atoms with Gasteiger partial charge in [0.2, 0.25) is 0 Å². The van der Waals surface area contributed by atoms with Gasteiger partial charge in [0.15, 0.2) is 6.23 Å². The summed E-state index contributed by atoms with van der Waals surface area (Å²) in [7, 11) is -3.51.